The number of sulfonamides is 1. The molecule has 1 unspecified atom stereocenters. The van der Waals surface area contributed by atoms with E-state index in [1.165, 1.54) is 5.38 Å². The highest BCUT2D eigenvalue weighted by Gasteiger charge is 2.27. The summed E-state index contributed by atoms with van der Waals surface area (Å²) in [7, 11) is -3.89. The SMILES string of the molecule is O=C(O)c1cc(S(=O)(=O)NC2CCCCNC2=O)cs1. The van der Waals surface area contributed by atoms with Crippen molar-refractivity contribution in [3.8, 4) is 0 Å². The highest BCUT2D eigenvalue weighted by atomic mass is 32.2. The molecule has 0 bridgehead atoms. The summed E-state index contributed by atoms with van der Waals surface area (Å²) in [6, 6.07) is 0.278. The summed E-state index contributed by atoms with van der Waals surface area (Å²) >= 11 is 0.832. The molecule has 0 radical (unpaired) electrons. The first-order chi connectivity index (χ1) is 9.40. The van der Waals surface area contributed by atoms with Gasteiger partial charge in [-0.2, -0.15) is 4.72 Å². The van der Waals surface area contributed by atoms with Crippen molar-refractivity contribution in [2.45, 2.75) is 30.2 Å². The van der Waals surface area contributed by atoms with Gasteiger partial charge >= 0.3 is 5.97 Å². The lowest BCUT2D eigenvalue weighted by molar-refractivity contribution is -0.122. The standard InChI is InChI=1S/C11H14N2O5S2/c14-10-8(3-1-2-4-12-10)13-20(17,18)7-5-9(11(15)16)19-6-7/h5-6,8,13H,1-4H2,(H,12,14)(H,15,16). The number of carboxylic acids is 1. The van der Waals surface area contributed by atoms with Gasteiger partial charge in [-0.15, -0.1) is 11.3 Å². The molecular weight excluding hydrogens is 304 g/mol. The highest BCUT2D eigenvalue weighted by molar-refractivity contribution is 7.89. The van der Waals surface area contributed by atoms with Crippen LogP contribution in [0.4, 0.5) is 0 Å². The highest BCUT2D eigenvalue weighted by Crippen LogP contribution is 2.20. The van der Waals surface area contributed by atoms with Gasteiger partial charge in [-0.05, 0) is 25.3 Å². The van der Waals surface area contributed by atoms with Crippen LogP contribution in [0.25, 0.3) is 0 Å². The number of carbonyl (C=O) groups excluding carboxylic acids is 1. The summed E-state index contributed by atoms with van der Waals surface area (Å²) in [5.41, 5.74) is 0. The summed E-state index contributed by atoms with van der Waals surface area (Å²) in [5, 5.41) is 12.7. The minimum Gasteiger partial charge on any atom is -0.477 e. The summed E-state index contributed by atoms with van der Waals surface area (Å²) in [5.74, 6) is -1.52. The predicted molar refractivity (Wildman–Crippen MR) is 72.2 cm³/mol. The first-order valence-corrected chi connectivity index (χ1v) is 8.38. The molecule has 20 heavy (non-hydrogen) atoms. The quantitative estimate of drug-likeness (QED) is 0.743. The predicted octanol–water partition coefficient (Wildman–Crippen LogP) is 0.393. The van der Waals surface area contributed by atoms with Crippen molar-refractivity contribution in [2.24, 2.45) is 0 Å². The van der Waals surface area contributed by atoms with E-state index >= 15 is 0 Å². The Labute approximate surface area is 120 Å². The molecule has 9 heteroatoms. The molecule has 3 N–H and O–H groups in total. The maximum atomic E-state index is 12.1. The van der Waals surface area contributed by atoms with E-state index in [0.29, 0.717) is 13.0 Å². The lowest BCUT2D eigenvalue weighted by Crippen LogP contribution is -2.45. The van der Waals surface area contributed by atoms with E-state index in [9.17, 15) is 18.0 Å². The van der Waals surface area contributed by atoms with Crippen LogP contribution in [0.5, 0.6) is 0 Å². The number of rotatable bonds is 4. The number of thiophene rings is 1. The number of hydrogen-bond acceptors (Lipinski definition) is 5. The van der Waals surface area contributed by atoms with Crippen LogP contribution in [0.3, 0.4) is 0 Å². The van der Waals surface area contributed by atoms with Gasteiger partial charge in [0.1, 0.15) is 10.9 Å². The zero-order valence-corrected chi connectivity index (χ0v) is 12.1. The van der Waals surface area contributed by atoms with E-state index in [-0.39, 0.29) is 15.7 Å². The number of hydrogen-bond donors (Lipinski definition) is 3. The molecule has 1 aliphatic rings. The zero-order chi connectivity index (χ0) is 14.8. The van der Waals surface area contributed by atoms with Crippen LogP contribution in [-0.4, -0.2) is 38.0 Å². The molecule has 1 fully saturated rings. The number of carbonyl (C=O) groups is 2. The molecule has 1 saturated heterocycles. The van der Waals surface area contributed by atoms with Gasteiger partial charge in [0.15, 0.2) is 0 Å². The Morgan fingerprint density at radius 1 is 1.45 bits per heavy atom. The van der Waals surface area contributed by atoms with Crippen LogP contribution in [0.15, 0.2) is 16.3 Å². The Balaban J connectivity index is 2.17. The Kier molecular flexibility index (Phi) is 4.41. The average Bonchev–Trinajstić information content (AvgIpc) is 2.79. The molecule has 0 saturated carbocycles. The van der Waals surface area contributed by atoms with Crippen molar-refractivity contribution in [1.29, 1.82) is 0 Å². The second-order valence-electron chi connectivity index (χ2n) is 4.41. The Hall–Kier alpha value is -1.45. The Bertz CT molecular complexity index is 623. The number of carboxylic acid groups (broad SMARTS) is 1. The molecule has 110 valence electrons. The third kappa shape index (κ3) is 3.35. The molecule has 0 aromatic carbocycles. The molecule has 0 aliphatic carbocycles. The Morgan fingerprint density at radius 2 is 2.20 bits per heavy atom. The van der Waals surface area contributed by atoms with Crippen molar-refractivity contribution >= 4 is 33.2 Å². The number of nitrogens with one attached hydrogen (secondary N) is 2. The molecule has 2 rings (SSSR count). The lowest BCUT2D eigenvalue weighted by Gasteiger charge is -2.14. The third-order valence-corrected chi connectivity index (χ3v) is 5.45. The molecular formula is C11H14N2O5S2. The largest absolute Gasteiger partial charge is 0.477 e. The second-order valence-corrected chi connectivity index (χ2v) is 7.04. The minimum absolute atomic E-state index is 0.0595. The van der Waals surface area contributed by atoms with Gasteiger partial charge in [0.25, 0.3) is 0 Å². The van der Waals surface area contributed by atoms with Crippen molar-refractivity contribution in [3.63, 3.8) is 0 Å². The monoisotopic (exact) mass is 318 g/mol. The summed E-state index contributed by atoms with van der Waals surface area (Å²) in [4.78, 5) is 22.3. The van der Waals surface area contributed by atoms with Gasteiger partial charge in [-0.1, -0.05) is 0 Å². The fourth-order valence-electron chi connectivity index (χ4n) is 1.88. The van der Waals surface area contributed by atoms with E-state index in [1.54, 1.807) is 0 Å². The van der Waals surface area contributed by atoms with Crippen LogP contribution in [-0.2, 0) is 14.8 Å². The van der Waals surface area contributed by atoms with E-state index in [2.05, 4.69) is 10.0 Å². The Morgan fingerprint density at radius 3 is 2.85 bits per heavy atom. The van der Waals surface area contributed by atoms with Crippen LogP contribution in [0, 0.1) is 0 Å². The topological polar surface area (TPSA) is 113 Å². The van der Waals surface area contributed by atoms with Gasteiger partial charge in [0, 0.05) is 11.9 Å². The smallest absolute Gasteiger partial charge is 0.345 e. The van der Waals surface area contributed by atoms with Crippen molar-refractivity contribution in [2.75, 3.05) is 6.54 Å². The zero-order valence-electron chi connectivity index (χ0n) is 10.5. The summed E-state index contributed by atoms with van der Waals surface area (Å²) < 4.78 is 26.6. The molecule has 1 aromatic heterocycles. The lowest BCUT2D eigenvalue weighted by atomic mass is 10.1. The van der Waals surface area contributed by atoms with Gasteiger partial charge in [0.2, 0.25) is 15.9 Å². The van der Waals surface area contributed by atoms with E-state index < -0.39 is 22.0 Å². The molecule has 1 atom stereocenters. The maximum Gasteiger partial charge on any atom is 0.345 e. The maximum absolute atomic E-state index is 12.1. The van der Waals surface area contributed by atoms with E-state index in [1.807, 2.05) is 0 Å². The fourth-order valence-corrected chi connectivity index (χ4v) is 4.22. The van der Waals surface area contributed by atoms with Gasteiger partial charge < -0.3 is 10.4 Å². The van der Waals surface area contributed by atoms with Gasteiger partial charge in [0.05, 0.1) is 4.90 Å². The molecule has 1 amide bonds. The van der Waals surface area contributed by atoms with E-state index in [0.717, 1.165) is 30.2 Å². The first-order valence-electron chi connectivity index (χ1n) is 6.02. The van der Waals surface area contributed by atoms with Gasteiger partial charge in [-0.25, -0.2) is 13.2 Å². The molecule has 1 aliphatic heterocycles. The first kappa shape index (κ1) is 14.9. The number of amides is 1. The minimum atomic E-state index is -3.89. The van der Waals surface area contributed by atoms with Crippen LogP contribution >= 0.6 is 11.3 Å². The molecule has 2 heterocycles. The average molecular weight is 318 g/mol. The normalized spacial score (nSPS) is 20.2. The summed E-state index contributed by atoms with van der Waals surface area (Å²) in [6.07, 6.45) is 1.99. The molecule has 1 aromatic rings. The number of aromatic carboxylic acids is 1. The molecule has 7 nitrogen and oxygen atoms in total. The van der Waals surface area contributed by atoms with E-state index in [4.69, 9.17) is 5.11 Å². The third-order valence-electron chi connectivity index (χ3n) is 2.93. The van der Waals surface area contributed by atoms with Gasteiger partial charge in [-0.3, -0.25) is 4.79 Å². The second kappa shape index (κ2) is 5.90. The van der Waals surface area contributed by atoms with Crippen LogP contribution in [0.1, 0.15) is 28.9 Å². The van der Waals surface area contributed by atoms with Crippen molar-refractivity contribution < 1.29 is 23.1 Å². The van der Waals surface area contributed by atoms with Crippen molar-refractivity contribution in [3.05, 3.63) is 16.3 Å². The fraction of sp³-hybridized carbons (Fsp3) is 0.455. The summed E-state index contributed by atoms with van der Waals surface area (Å²) in [6.45, 7) is 0.540. The molecule has 0 spiro atoms. The van der Waals surface area contributed by atoms with Crippen molar-refractivity contribution in [1.82, 2.24) is 10.0 Å². The van der Waals surface area contributed by atoms with Crippen LogP contribution in [0.2, 0.25) is 0 Å². The van der Waals surface area contributed by atoms with Crippen LogP contribution < -0.4 is 10.0 Å².